The fourth-order valence-electron chi connectivity index (χ4n) is 3.50. The molecule has 1 amide bonds. The van der Waals surface area contributed by atoms with Crippen LogP contribution in [0.3, 0.4) is 0 Å². The normalized spacial score (nSPS) is 17.7. The molecule has 7 heteroatoms. The molecule has 7 nitrogen and oxygen atoms in total. The Bertz CT molecular complexity index is 813. The first kappa shape index (κ1) is 20.1. The maximum absolute atomic E-state index is 13.0. The van der Waals surface area contributed by atoms with Crippen molar-refractivity contribution in [2.45, 2.75) is 45.4 Å². The van der Waals surface area contributed by atoms with Crippen molar-refractivity contribution in [2.24, 2.45) is 0 Å². The van der Waals surface area contributed by atoms with Crippen LogP contribution in [0.1, 0.15) is 31.2 Å². The van der Waals surface area contributed by atoms with Gasteiger partial charge in [0.25, 0.3) is 5.91 Å². The van der Waals surface area contributed by atoms with Crippen molar-refractivity contribution in [3.05, 3.63) is 47.9 Å². The summed E-state index contributed by atoms with van der Waals surface area (Å²) >= 11 is 0. The van der Waals surface area contributed by atoms with Crippen LogP contribution >= 0.6 is 0 Å². The van der Waals surface area contributed by atoms with Gasteiger partial charge in [-0.3, -0.25) is 9.69 Å². The molecule has 1 aromatic heterocycles. The number of nitrogens with two attached hydrogens (primary N) is 1. The lowest BCUT2D eigenvalue weighted by Gasteiger charge is -2.26. The number of carbonyl (C=O) groups is 1. The first-order valence-corrected chi connectivity index (χ1v) is 9.76. The number of nitrogens with zero attached hydrogens (tertiary/aromatic N) is 4. The zero-order valence-electron chi connectivity index (χ0n) is 16.8. The van der Waals surface area contributed by atoms with Gasteiger partial charge >= 0.3 is 0 Å². The molecule has 2 aromatic rings. The van der Waals surface area contributed by atoms with Crippen molar-refractivity contribution in [1.29, 1.82) is 0 Å². The predicted molar refractivity (Wildman–Crippen MR) is 109 cm³/mol. The number of likely N-dealkylation sites (N-methyl/N-ethyl adjacent to an activating group) is 1. The molecule has 28 heavy (non-hydrogen) atoms. The summed E-state index contributed by atoms with van der Waals surface area (Å²) in [5.74, 6) is 2.00. The van der Waals surface area contributed by atoms with Gasteiger partial charge in [0.05, 0.1) is 6.54 Å². The number of carbonyl (C=O) groups excluding carboxylic acids is 1. The molecule has 1 fully saturated rings. The van der Waals surface area contributed by atoms with Crippen molar-refractivity contribution in [2.75, 3.05) is 25.9 Å². The van der Waals surface area contributed by atoms with Gasteiger partial charge in [-0.1, -0.05) is 25.1 Å². The first-order chi connectivity index (χ1) is 13.5. The quantitative estimate of drug-likeness (QED) is 0.789. The van der Waals surface area contributed by atoms with Crippen LogP contribution in [0.15, 0.2) is 36.5 Å². The van der Waals surface area contributed by atoms with Crippen LogP contribution in [-0.4, -0.2) is 58.0 Å². The smallest absolute Gasteiger partial charge is 0.263 e. The number of rotatable bonds is 7. The second kappa shape index (κ2) is 9.01. The number of benzene rings is 1. The summed E-state index contributed by atoms with van der Waals surface area (Å²) in [7, 11) is 2.03. The van der Waals surface area contributed by atoms with Gasteiger partial charge in [0.1, 0.15) is 17.4 Å². The van der Waals surface area contributed by atoms with Gasteiger partial charge in [-0.05, 0) is 44.5 Å². The zero-order valence-corrected chi connectivity index (χ0v) is 16.8. The molecule has 0 bridgehead atoms. The number of nitrogen functional groups attached to an aromatic ring is 1. The molecule has 2 N–H and O–H groups in total. The maximum Gasteiger partial charge on any atom is 0.263 e. The fraction of sp³-hybridized carbons (Fsp3) is 0.476. The minimum Gasteiger partial charge on any atom is -0.480 e. The lowest BCUT2D eigenvalue weighted by Crippen LogP contribution is -2.42. The third-order valence-electron chi connectivity index (χ3n) is 5.23. The Morgan fingerprint density at radius 1 is 1.39 bits per heavy atom. The molecule has 150 valence electrons. The summed E-state index contributed by atoms with van der Waals surface area (Å²) in [5, 5.41) is 0. The number of para-hydroxylation sites is 1. The molecule has 1 aromatic carbocycles. The Morgan fingerprint density at radius 2 is 2.18 bits per heavy atom. The molecule has 0 saturated carbocycles. The third-order valence-corrected chi connectivity index (χ3v) is 5.23. The molecule has 0 radical (unpaired) electrons. The fourth-order valence-corrected chi connectivity index (χ4v) is 3.50. The highest BCUT2D eigenvalue weighted by Gasteiger charge is 2.33. The molecule has 1 saturated heterocycles. The van der Waals surface area contributed by atoms with E-state index in [9.17, 15) is 4.79 Å². The van der Waals surface area contributed by atoms with Gasteiger partial charge in [0.2, 0.25) is 0 Å². The monoisotopic (exact) mass is 383 g/mol. The number of ether oxygens (including phenoxy) is 1. The number of aromatic nitrogens is 2. The zero-order chi connectivity index (χ0) is 20.1. The van der Waals surface area contributed by atoms with E-state index < -0.39 is 6.10 Å². The Balaban J connectivity index is 1.58. The molecule has 2 atom stereocenters. The SMILES string of the molecule is CC[C@@H](Oc1ccccc1C)C(=O)N1CC[C@@H](N(C)Cc2nccc(N)n2)C1. The minimum atomic E-state index is -0.456. The van der Waals surface area contributed by atoms with Crippen molar-refractivity contribution in [3.8, 4) is 5.75 Å². The number of amides is 1. The Morgan fingerprint density at radius 3 is 2.89 bits per heavy atom. The second-order valence-electron chi connectivity index (χ2n) is 7.32. The van der Waals surface area contributed by atoms with E-state index in [-0.39, 0.29) is 11.9 Å². The summed E-state index contributed by atoms with van der Waals surface area (Å²) < 4.78 is 6.03. The van der Waals surface area contributed by atoms with Gasteiger partial charge in [-0.2, -0.15) is 0 Å². The number of hydrogen-bond donors (Lipinski definition) is 1. The van der Waals surface area contributed by atoms with Crippen LogP contribution in [0.5, 0.6) is 5.75 Å². The molecule has 1 aliphatic rings. The highest BCUT2D eigenvalue weighted by molar-refractivity contribution is 5.81. The van der Waals surface area contributed by atoms with Gasteiger partial charge in [-0.25, -0.2) is 9.97 Å². The van der Waals surface area contributed by atoms with E-state index in [2.05, 4.69) is 14.9 Å². The number of aryl methyl sites for hydroxylation is 1. The van der Waals surface area contributed by atoms with Crippen molar-refractivity contribution >= 4 is 11.7 Å². The van der Waals surface area contributed by atoms with Crippen LogP contribution in [0.4, 0.5) is 5.82 Å². The number of anilines is 1. The number of hydrogen-bond acceptors (Lipinski definition) is 6. The minimum absolute atomic E-state index is 0.0573. The van der Waals surface area contributed by atoms with E-state index in [0.717, 1.165) is 24.3 Å². The van der Waals surface area contributed by atoms with Crippen LogP contribution in [0.25, 0.3) is 0 Å². The largest absolute Gasteiger partial charge is 0.480 e. The van der Waals surface area contributed by atoms with E-state index in [1.54, 1.807) is 12.3 Å². The van der Waals surface area contributed by atoms with Crippen LogP contribution in [-0.2, 0) is 11.3 Å². The molecule has 0 unspecified atom stereocenters. The molecule has 0 aliphatic carbocycles. The lowest BCUT2D eigenvalue weighted by molar-refractivity contribution is -0.138. The van der Waals surface area contributed by atoms with E-state index in [4.69, 9.17) is 10.5 Å². The van der Waals surface area contributed by atoms with Gasteiger partial charge in [0.15, 0.2) is 6.10 Å². The van der Waals surface area contributed by atoms with Crippen molar-refractivity contribution < 1.29 is 9.53 Å². The predicted octanol–water partition coefficient (Wildman–Crippen LogP) is 2.26. The van der Waals surface area contributed by atoms with E-state index in [0.29, 0.717) is 31.2 Å². The molecule has 0 spiro atoms. The van der Waals surface area contributed by atoms with E-state index in [1.807, 2.05) is 50.1 Å². The lowest BCUT2D eigenvalue weighted by atomic mass is 10.2. The van der Waals surface area contributed by atoms with Crippen molar-refractivity contribution in [1.82, 2.24) is 19.8 Å². The summed E-state index contributed by atoms with van der Waals surface area (Å²) in [5.41, 5.74) is 6.77. The second-order valence-corrected chi connectivity index (χ2v) is 7.32. The number of likely N-dealkylation sites (tertiary alicyclic amines) is 1. The Kier molecular flexibility index (Phi) is 6.46. The Hall–Kier alpha value is -2.67. The van der Waals surface area contributed by atoms with Gasteiger partial charge in [-0.15, -0.1) is 0 Å². The molecule has 1 aliphatic heterocycles. The average molecular weight is 383 g/mol. The van der Waals surface area contributed by atoms with Crippen LogP contribution < -0.4 is 10.5 Å². The molecular weight excluding hydrogens is 354 g/mol. The summed E-state index contributed by atoms with van der Waals surface area (Å²) in [6.07, 6.45) is 2.78. The van der Waals surface area contributed by atoms with Crippen LogP contribution in [0, 0.1) is 6.92 Å². The third kappa shape index (κ3) is 4.78. The topological polar surface area (TPSA) is 84.6 Å². The molecule has 3 rings (SSSR count). The van der Waals surface area contributed by atoms with E-state index >= 15 is 0 Å². The summed E-state index contributed by atoms with van der Waals surface area (Å²) in [6.45, 7) is 6.00. The maximum atomic E-state index is 13.0. The molecule has 2 heterocycles. The summed E-state index contributed by atoms with van der Waals surface area (Å²) in [6, 6.07) is 9.75. The van der Waals surface area contributed by atoms with Crippen LogP contribution in [0.2, 0.25) is 0 Å². The molecular formula is C21H29N5O2. The van der Waals surface area contributed by atoms with E-state index in [1.165, 1.54) is 0 Å². The van der Waals surface area contributed by atoms with Gasteiger partial charge < -0.3 is 15.4 Å². The van der Waals surface area contributed by atoms with Gasteiger partial charge in [0, 0.05) is 25.3 Å². The average Bonchev–Trinajstić information content (AvgIpc) is 3.17. The van der Waals surface area contributed by atoms with Crippen molar-refractivity contribution in [3.63, 3.8) is 0 Å². The first-order valence-electron chi connectivity index (χ1n) is 9.76. The Labute approximate surface area is 166 Å². The summed E-state index contributed by atoms with van der Waals surface area (Å²) in [4.78, 5) is 25.6. The highest BCUT2D eigenvalue weighted by atomic mass is 16.5. The standard InChI is InChI=1S/C21H29N5O2/c1-4-17(28-18-8-6-5-7-15(18)2)21(27)26-12-10-16(13-26)25(3)14-20-23-11-9-19(22)24-20/h5-9,11,16-17H,4,10,12-14H2,1-3H3,(H2,22,23,24)/t16-,17-/m1/s1. The highest BCUT2D eigenvalue weighted by Crippen LogP contribution is 2.22.